The highest BCUT2D eigenvalue weighted by Gasteiger charge is 2.13. The van der Waals surface area contributed by atoms with Gasteiger partial charge in [-0.05, 0) is 36.5 Å². The lowest BCUT2D eigenvalue weighted by Gasteiger charge is -2.20. The third-order valence-corrected chi connectivity index (χ3v) is 3.17. The van der Waals surface area contributed by atoms with E-state index in [0.29, 0.717) is 12.3 Å². The first kappa shape index (κ1) is 15.1. The average molecular weight is 256 g/mol. The first-order valence-electron chi connectivity index (χ1n) is 6.46. The van der Waals surface area contributed by atoms with Gasteiger partial charge in [0.15, 0.2) is 11.6 Å². The number of nitrogens with two attached hydrogens (primary N) is 1. The second kappa shape index (κ2) is 7.44. The molecule has 3 N–H and O–H groups in total. The average Bonchev–Trinajstić information content (AvgIpc) is 2.33. The predicted molar refractivity (Wildman–Crippen MR) is 69.9 cm³/mol. The van der Waals surface area contributed by atoms with Crippen LogP contribution in [0.25, 0.3) is 0 Å². The summed E-state index contributed by atoms with van der Waals surface area (Å²) in [5.74, 6) is 4.47. The molecule has 4 heteroatoms. The van der Waals surface area contributed by atoms with Crippen molar-refractivity contribution in [2.24, 2.45) is 11.8 Å². The maximum Gasteiger partial charge on any atom is 0.159 e. The Kier molecular flexibility index (Phi) is 6.22. The molecule has 0 fully saturated rings. The van der Waals surface area contributed by atoms with Crippen LogP contribution in [0, 0.1) is 17.6 Å². The molecule has 0 heterocycles. The third-order valence-electron chi connectivity index (χ3n) is 3.17. The smallest absolute Gasteiger partial charge is 0.159 e. The summed E-state index contributed by atoms with van der Waals surface area (Å²) in [6, 6.07) is 4.10. The molecule has 0 saturated heterocycles. The lowest BCUT2D eigenvalue weighted by Crippen LogP contribution is -2.38. The molecule has 0 amide bonds. The molecule has 0 saturated carbocycles. The van der Waals surface area contributed by atoms with E-state index in [2.05, 4.69) is 19.3 Å². The van der Waals surface area contributed by atoms with Crippen molar-refractivity contribution in [2.75, 3.05) is 0 Å². The fraction of sp³-hybridized carbons (Fsp3) is 0.571. The van der Waals surface area contributed by atoms with Crippen molar-refractivity contribution in [1.82, 2.24) is 5.43 Å². The van der Waals surface area contributed by atoms with Crippen LogP contribution in [0.4, 0.5) is 8.78 Å². The predicted octanol–water partition coefficient (Wildman–Crippen LogP) is 3.17. The Labute approximate surface area is 108 Å². The Hall–Kier alpha value is -1.00. The highest BCUT2D eigenvalue weighted by Crippen LogP contribution is 2.16. The Bertz CT molecular complexity index is 369. The van der Waals surface area contributed by atoms with Gasteiger partial charge in [0.1, 0.15) is 0 Å². The Morgan fingerprint density at radius 3 is 2.56 bits per heavy atom. The maximum absolute atomic E-state index is 13.1. The molecule has 0 bridgehead atoms. The summed E-state index contributed by atoms with van der Waals surface area (Å²) in [7, 11) is 0. The number of hydrogen-bond donors (Lipinski definition) is 2. The summed E-state index contributed by atoms with van der Waals surface area (Å²) in [6.45, 7) is 4.33. The van der Waals surface area contributed by atoms with E-state index in [-0.39, 0.29) is 6.04 Å². The molecule has 2 atom stereocenters. The van der Waals surface area contributed by atoms with Crippen LogP contribution in [0.15, 0.2) is 18.2 Å². The van der Waals surface area contributed by atoms with Crippen LogP contribution in [-0.4, -0.2) is 6.04 Å². The van der Waals surface area contributed by atoms with Gasteiger partial charge in [0.25, 0.3) is 0 Å². The van der Waals surface area contributed by atoms with Crippen molar-refractivity contribution in [3.05, 3.63) is 35.4 Å². The molecule has 2 unspecified atom stereocenters. The zero-order chi connectivity index (χ0) is 13.5. The summed E-state index contributed by atoms with van der Waals surface area (Å²) in [6.07, 6.45) is 3.84. The van der Waals surface area contributed by atoms with Gasteiger partial charge in [-0.25, -0.2) is 8.78 Å². The Morgan fingerprint density at radius 1 is 1.28 bits per heavy atom. The maximum atomic E-state index is 13.1. The van der Waals surface area contributed by atoms with Gasteiger partial charge in [-0.15, -0.1) is 0 Å². The molecule has 1 aromatic rings. The highest BCUT2D eigenvalue weighted by molar-refractivity contribution is 5.18. The van der Waals surface area contributed by atoms with Gasteiger partial charge in [0, 0.05) is 6.04 Å². The first-order chi connectivity index (χ1) is 8.56. The molecule has 0 aliphatic carbocycles. The molecule has 1 aromatic carbocycles. The summed E-state index contributed by atoms with van der Waals surface area (Å²) in [5, 5.41) is 0. The number of hydrogen-bond acceptors (Lipinski definition) is 2. The molecule has 0 aliphatic rings. The van der Waals surface area contributed by atoms with Crippen molar-refractivity contribution < 1.29 is 8.78 Å². The van der Waals surface area contributed by atoms with Crippen LogP contribution < -0.4 is 11.3 Å². The van der Waals surface area contributed by atoms with Gasteiger partial charge in [-0.3, -0.25) is 11.3 Å². The van der Waals surface area contributed by atoms with Crippen molar-refractivity contribution >= 4 is 0 Å². The van der Waals surface area contributed by atoms with E-state index >= 15 is 0 Å². The lowest BCUT2D eigenvalue weighted by atomic mass is 9.93. The molecule has 102 valence electrons. The van der Waals surface area contributed by atoms with E-state index in [4.69, 9.17) is 5.84 Å². The fourth-order valence-corrected chi connectivity index (χ4v) is 2.26. The number of halogens is 2. The van der Waals surface area contributed by atoms with E-state index in [9.17, 15) is 8.78 Å². The SMILES string of the molecule is CCCC(C)CC(Cc1ccc(F)c(F)c1)NN. The summed E-state index contributed by atoms with van der Waals surface area (Å²) < 4.78 is 25.9. The van der Waals surface area contributed by atoms with Gasteiger partial charge in [-0.2, -0.15) is 0 Å². The number of nitrogens with one attached hydrogen (secondary N) is 1. The van der Waals surface area contributed by atoms with Crippen molar-refractivity contribution in [3.63, 3.8) is 0 Å². The second-order valence-corrected chi connectivity index (χ2v) is 4.95. The minimum atomic E-state index is -0.810. The van der Waals surface area contributed by atoms with E-state index in [1.54, 1.807) is 6.07 Å². The number of hydrazine groups is 1. The molecule has 0 spiro atoms. The van der Waals surface area contributed by atoms with E-state index in [0.717, 1.165) is 30.9 Å². The minimum Gasteiger partial charge on any atom is -0.271 e. The van der Waals surface area contributed by atoms with E-state index in [1.165, 1.54) is 6.07 Å². The standard InChI is InChI=1S/C14H22F2N2/c1-3-4-10(2)7-12(18-17)8-11-5-6-13(15)14(16)9-11/h5-6,9-10,12,18H,3-4,7-8,17H2,1-2H3. The molecule has 0 aromatic heterocycles. The Balaban J connectivity index is 2.59. The van der Waals surface area contributed by atoms with E-state index in [1.807, 2.05) is 0 Å². The van der Waals surface area contributed by atoms with Crippen molar-refractivity contribution in [2.45, 2.75) is 45.6 Å². The van der Waals surface area contributed by atoms with Crippen LogP contribution in [0.2, 0.25) is 0 Å². The van der Waals surface area contributed by atoms with Crippen molar-refractivity contribution in [3.8, 4) is 0 Å². The zero-order valence-electron chi connectivity index (χ0n) is 11.0. The molecule has 0 aliphatic heterocycles. The topological polar surface area (TPSA) is 38.0 Å². The minimum absolute atomic E-state index is 0.0939. The van der Waals surface area contributed by atoms with E-state index < -0.39 is 11.6 Å². The van der Waals surface area contributed by atoms with Gasteiger partial charge >= 0.3 is 0 Å². The molecular weight excluding hydrogens is 234 g/mol. The first-order valence-corrected chi connectivity index (χ1v) is 6.46. The van der Waals surface area contributed by atoms with Crippen LogP contribution in [0.3, 0.4) is 0 Å². The van der Waals surface area contributed by atoms with Crippen LogP contribution in [0.1, 0.15) is 38.7 Å². The quantitative estimate of drug-likeness (QED) is 0.581. The molecule has 0 radical (unpaired) electrons. The normalized spacial score (nSPS) is 14.5. The Morgan fingerprint density at radius 2 is 2.00 bits per heavy atom. The number of benzene rings is 1. The lowest BCUT2D eigenvalue weighted by molar-refractivity contribution is 0.384. The van der Waals surface area contributed by atoms with Gasteiger partial charge in [0.05, 0.1) is 0 Å². The van der Waals surface area contributed by atoms with Crippen LogP contribution in [0.5, 0.6) is 0 Å². The summed E-state index contributed by atoms with van der Waals surface area (Å²) >= 11 is 0. The molecular formula is C14H22F2N2. The molecule has 2 nitrogen and oxygen atoms in total. The number of rotatable bonds is 7. The molecule has 18 heavy (non-hydrogen) atoms. The fourth-order valence-electron chi connectivity index (χ4n) is 2.26. The van der Waals surface area contributed by atoms with Crippen molar-refractivity contribution in [1.29, 1.82) is 0 Å². The van der Waals surface area contributed by atoms with Crippen LogP contribution in [-0.2, 0) is 6.42 Å². The van der Waals surface area contributed by atoms with Gasteiger partial charge in [0.2, 0.25) is 0 Å². The molecule has 1 rings (SSSR count). The highest BCUT2D eigenvalue weighted by atomic mass is 19.2. The summed E-state index contributed by atoms with van der Waals surface area (Å²) in [4.78, 5) is 0. The van der Waals surface area contributed by atoms with Gasteiger partial charge in [-0.1, -0.05) is 32.8 Å². The second-order valence-electron chi connectivity index (χ2n) is 4.95. The van der Waals surface area contributed by atoms with Gasteiger partial charge < -0.3 is 0 Å². The monoisotopic (exact) mass is 256 g/mol. The van der Waals surface area contributed by atoms with Crippen LogP contribution >= 0.6 is 0 Å². The summed E-state index contributed by atoms with van der Waals surface area (Å²) in [5.41, 5.74) is 3.52. The third kappa shape index (κ3) is 4.70. The zero-order valence-corrected chi connectivity index (χ0v) is 11.0. The largest absolute Gasteiger partial charge is 0.271 e.